The van der Waals surface area contributed by atoms with Gasteiger partial charge >= 0.3 is 0 Å². The zero-order valence-electron chi connectivity index (χ0n) is 11.0. The minimum absolute atomic E-state index is 0.137. The molecule has 1 fully saturated rings. The van der Waals surface area contributed by atoms with Gasteiger partial charge < -0.3 is 14.6 Å². The van der Waals surface area contributed by atoms with Gasteiger partial charge in [0.2, 0.25) is 0 Å². The van der Waals surface area contributed by atoms with Crippen LogP contribution in [0.1, 0.15) is 12.0 Å². The number of hydrogen-bond donors (Lipinski definition) is 1. The van der Waals surface area contributed by atoms with Crippen molar-refractivity contribution in [2.75, 3.05) is 20.8 Å². The van der Waals surface area contributed by atoms with Crippen LogP contribution >= 0.6 is 0 Å². The molecule has 0 spiro atoms. The third-order valence-corrected chi connectivity index (χ3v) is 3.51. The van der Waals surface area contributed by atoms with Gasteiger partial charge in [-0.3, -0.25) is 4.90 Å². The van der Waals surface area contributed by atoms with Crippen molar-refractivity contribution in [2.24, 2.45) is 0 Å². The molecule has 1 saturated heterocycles. The van der Waals surface area contributed by atoms with Crippen LogP contribution in [0.25, 0.3) is 0 Å². The van der Waals surface area contributed by atoms with E-state index in [2.05, 4.69) is 17.0 Å². The van der Waals surface area contributed by atoms with Crippen molar-refractivity contribution in [1.82, 2.24) is 4.90 Å². The molecule has 3 atom stereocenters. The molecule has 1 aromatic rings. The predicted molar refractivity (Wildman–Crippen MR) is 69.1 cm³/mol. The third kappa shape index (κ3) is 2.90. The molecule has 0 unspecified atom stereocenters. The number of ether oxygens (including phenoxy) is 2. The molecule has 0 aliphatic carbocycles. The summed E-state index contributed by atoms with van der Waals surface area (Å²) in [7, 11) is 3.26. The first kappa shape index (κ1) is 13.5. The normalized spacial score (nSPS) is 29.4. The van der Waals surface area contributed by atoms with Crippen molar-refractivity contribution in [3.63, 3.8) is 0 Å². The largest absolute Gasteiger partial charge is 0.386 e. The summed E-state index contributed by atoms with van der Waals surface area (Å²) in [5.41, 5.74) is 1.22. The van der Waals surface area contributed by atoms with Gasteiger partial charge in [0.1, 0.15) is 12.3 Å². The SMILES string of the molecule is CO[C@@H]1[C@H](O)[C@H](OC)CCN1Cc1ccccc1. The maximum Gasteiger partial charge on any atom is 0.139 e. The zero-order valence-corrected chi connectivity index (χ0v) is 11.0. The minimum Gasteiger partial charge on any atom is -0.386 e. The lowest BCUT2D eigenvalue weighted by molar-refractivity contribution is -0.179. The van der Waals surface area contributed by atoms with Crippen LogP contribution in [-0.2, 0) is 16.0 Å². The number of rotatable bonds is 4. The first-order valence-corrected chi connectivity index (χ1v) is 6.28. The van der Waals surface area contributed by atoms with E-state index in [1.165, 1.54) is 5.56 Å². The Bertz CT molecular complexity index is 357. The Balaban J connectivity index is 2.04. The van der Waals surface area contributed by atoms with E-state index in [1.807, 2.05) is 18.2 Å². The number of aliphatic hydroxyl groups excluding tert-OH is 1. The lowest BCUT2D eigenvalue weighted by Crippen LogP contribution is -2.55. The molecule has 0 radical (unpaired) electrons. The number of aliphatic hydroxyl groups is 1. The second-order valence-electron chi connectivity index (χ2n) is 4.64. The van der Waals surface area contributed by atoms with Crippen molar-refractivity contribution in [3.8, 4) is 0 Å². The average molecular weight is 251 g/mol. The summed E-state index contributed by atoms with van der Waals surface area (Å²) in [5, 5.41) is 10.2. The fraction of sp³-hybridized carbons (Fsp3) is 0.571. The smallest absolute Gasteiger partial charge is 0.139 e. The Hall–Kier alpha value is -0.940. The molecule has 100 valence electrons. The van der Waals surface area contributed by atoms with Gasteiger partial charge in [-0.15, -0.1) is 0 Å². The van der Waals surface area contributed by atoms with Crippen molar-refractivity contribution >= 4 is 0 Å². The van der Waals surface area contributed by atoms with Crippen LogP contribution in [0.15, 0.2) is 30.3 Å². The number of likely N-dealkylation sites (tertiary alicyclic amines) is 1. The Kier molecular flexibility index (Phi) is 4.72. The van der Waals surface area contributed by atoms with Crippen molar-refractivity contribution in [2.45, 2.75) is 31.4 Å². The van der Waals surface area contributed by atoms with Gasteiger partial charge in [-0.05, 0) is 12.0 Å². The molecule has 1 aliphatic heterocycles. The molecule has 4 nitrogen and oxygen atoms in total. The van der Waals surface area contributed by atoms with Crippen molar-refractivity contribution in [1.29, 1.82) is 0 Å². The zero-order chi connectivity index (χ0) is 13.0. The van der Waals surface area contributed by atoms with Crippen LogP contribution in [0.2, 0.25) is 0 Å². The maximum absolute atomic E-state index is 10.2. The van der Waals surface area contributed by atoms with Crippen LogP contribution in [0.4, 0.5) is 0 Å². The van der Waals surface area contributed by atoms with Gasteiger partial charge in [0, 0.05) is 27.3 Å². The second kappa shape index (κ2) is 6.29. The van der Waals surface area contributed by atoms with Crippen LogP contribution in [0.5, 0.6) is 0 Å². The van der Waals surface area contributed by atoms with Crippen molar-refractivity contribution in [3.05, 3.63) is 35.9 Å². The highest BCUT2D eigenvalue weighted by atomic mass is 16.5. The summed E-state index contributed by atoms with van der Waals surface area (Å²) in [6, 6.07) is 10.2. The van der Waals surface area contributed by atoms with Gasteiger partial charge in [0.15, 0.2) is 0 Å². The van der Waals surface area contributed by atoms with Gasteiger partial charge in [-0.1, -0.05) is 30.3 Å². The van der Waals surface area contributed by atoms with Gasteiger partial charge in [-0.25, -0.2) is 0 Å². The van der Waals surface area contributed by atoms with Crippen LogP contribution in [0, 0.1) is 0 Å². The first-order chi connectivity index (χ1) is 8.76. The molecular formula is C14H21NO3. The van der Waals surface area contributed by atoms with E-state index in [9.17, 15) is 5.11 Å². The maximum atomic E-state index is 10.2. The topological polar surface area (TPSA) is 41.9 Å². The molecule has 1 aromatic carbocycles. The summed E-state index contributed by atoms with van der Waals surface area (Å²) < 4.78 is 10.7. The first-order valence-electron chi connectivity index (χ1n) is 6.28. The molecule has 4 heteroatoms. The summed E-state index contributed by atoms with van der Waals surface area (Å²) in [4.78, 5) is 2.15. The Morgan fingerprint density at radius 1 is 1.22 bits per heavy atom. The highest BCUT2D eigenvalue weighted by molar-refractivity contribution is 5.14. The number of methoxy groups -OCH3 is 2. The summed E-state index contributed by atoms with van der Waals surface area (Å²) in [5.74, 6) is 0. The molecule has 18 heavy (non-hydrogen) atoms. The minimum atomic E-state index is -0.600. The molecule has 0 amide bonds. The number of benzene rings is 1. The summed E-state index contributed by atoms with van der Waals surface area (Å²) in [6.07, 6.45) is -0.215. The third-order valence-electron chi connectivity index (χ3n) is 3.51. The van der Waals surface area contributed by atoms with E-state index in [1.54, 1.807) is 14.2 Å². The van der Waals surface area contributed by atoms with E-state index >= 15 is 0 Å². The molecule has 0 aromatic heterocycles. The Labute approximate surface area is 108 Å². The molecular weight excluding hydrogens is 230 g/mol. The fourth-order valence-corrected chi connectivity index (χ4v) is 2.52. The second-order valence-corrected chi connectivity index (χ2v) is 4.64. The highest BCUT2D eigenvalue weighted by Crippen LogP contribution is 2.22. The Morgan fingerprint density at radius 3 is 2.56 bits per heavy atom. The number of hydrogen-bond acceptors (Lipinski definition) is 4. The molecule has 1 aliphatic rings. The molecule has 0 bridgehead atoms. The lowest BCUT2D eigenvalue weighted by Gasteiger charge is -2.41. The van der Waals surface area contributed by atoms with Crippen molar-refractivity contribution < 1.29 is 14.6 Å². The molecule has 1 N–H and O–H groups in total. The highest BCUT2D eigenvalue weighted by Gasteiger charge is 2.37. The summed E-state index contributed by atoms with van der Waals surface area (Å²) >= 11 is 0. The van der Waals surface area contributed by atoms with E-state index < -0.39 is 6.10 Å². The van der Waals surface area contributed by atoms with E-state index in [4.69, 9.17) is 9.47 Å². The average Bonchev–Trinajstić information content (AvgIpc) is 2.40. The quantitative estimate of drug-likeness (QED) is 0.874. The predicted octanol–water partition coefficient (Wildman–Crippen LogP) is 1.24. The fourth-order valence-electron chi connectivity index (χ4n) is 2.52. The Morgan fingerprint density at radius 2 is 1.94 bits per heavy atom. The van der Waals surface area contributed by atoms with E-state index in [0.29, 0.717) is 0 Å². The monoisotopic (exact) mass is 251 g/mol. The van der Waals surface area contributed by atoms with Gasteiger partial charge in [0.05, 0.1) is 6.10 Å². The van der Waals surface area contributed by atoms with E-state index in [0.717, 1.165) is 19.5 Å². The molecule has 2 rings (SSSR count). The van der Waals surface area contributed by atoms with Gasteiger partial charge in [0.25, 0.3) is 0 Å². The number of piperidine rings is 1. The van der Waals surface area contributed by atoms with Crippen LogP contribution in [-0.4, -0.2) is 49.2 Å². The van der Waals surface area contributed by atoms with Gasteiger partial charge in [-0.2, -0.15) is 0 Å². The molecule has 0 saturated carbocycles. The van der Waals surface area contributed by atoms with Crippen LogP contribution in [0.3, 0.4) is 0 Å². The van der Waals surface area contributed by atoms with Crippen LogP contribution < -0.4 is 0 Å². The van der Waals surface area contributed by atoms with E-state index in [-0.39, 0.29) is 12.3 Å². The number of nitrogens with zero attached hydrogens (tertiary/aromatic N) is 1. The standard InChI is InChI=1S/C14H21NO3/c1-17-12-8-9-15(14(18-2)13(12)16)10-11-6-4-3-5-7-11/h3-7,12-14,16H,8-10H2,1-2H3/t12-,13-,14-/m1/s1. The summed E-state index contributed by atoms with van der Waals surface area (Å²) in [6.45, 7) is 1.65. The molecule has 1 heterocycles. The lowest BCUT2D eigenvalue weighted by atomic mass is 10.0.